The van der Waals surface area contributed by atoms with Gasteiger partial charge in [-0.3, -0.25) is 4.79 Å². The number of imide groups is 1. The van der Waals surface area contributed by atoms with Gasteiger partial charge in [0.05, 0.1) is 13.3 Å². The fourth-order valence-corrected chi connectivity index (χ4v) is 2.92. The molecule has 1 fully saturated rings. The zero-order valence-corrected chi connectivity index (χ0v) is 14.1. The number of nitrogens with zero attached hydrogens (tertiary/aromatic N) is 2. The number of methoxy groups -OCH3 is 1. The Balaban J connectivity index is 1.93. The monoisotopic (exact) mass is 337 g/mol. The van der Waals surface area contributed by atoms with Crippen molar-refractivity contribution in [1.82, 2.24) is 10.3 Å². The molecule has 0 spiro atoms. The first kappa shape index (κ1) is 16.7. The summed E-state index contributed by atoms with van der Waals surface area (Å²) in [5.74, 6) is 0.223. The van der Waals surface area contributed by atoms with Gasteiger partial charge in [-0.25, -0.2) is 4.79 Å². The van der Waals surface area contributed by atoms with Crippen molar-refractivity contribution in [3.8, 4) is 5.75 Å². The van der Waals surface area contributed by atoms with Crippen LogP contribution in [-0.4, -0.2) is 30.3 Å². The van der Waals surface area contributed by atoms with Crippen molar-refractivity contribution in [3.63, 3.8) is 0 Å². The van der Waals surface area contributed by atoms with Crippen LogP contribution in [0.2, 0.25) is 0 Å². The summed E-state index contributed by atoms with van der Waals surface area (Å²) in [4.78, 5) is 25.3. The van der Waals surface area contributed by atoms with Crippen LogP contribution < -0.4 is 10.1 Å². The van der Waals surface area contributed by atoms with Gasteiger partial charge in [0, 0.05) is 5.56 Å². The van der Waals surface area contributed by atoms with Crippen LogP contribution in [0.4, 0.5) is 4.79 Å². The van der Waals surface area contributed by atoms with Crippen molar-refractivity contribution < 1.29 is 14.3 Å². The van der Waals surface area contributed by atoms with E-state index in [-0.39, 0.29) is 0 Å². The van der Waals surface area contributed by atoms with Crippen LogP contribution in [0.1, 0.15) is 24.5 Å². The lowest BCUT2D eigenvalue weighted by Gasteiger charge is -2.24. The van der Waals surface area contributed by atoms with Crippen LogP contribution in [0, 0.1) is 0 Å². The van der Waals surface area contributed by atoms with Gasteiger partial charge in [-0.1, -0.05) is 49.4 Å². The molecule has 1 heterocycles. The summed E-state index contributed by atoms with van der Waals surface area (Å²) in [6.07, 6.45) is 1.88. The van der Waals surface area contributed by atoms with Gasteiger partial charge in [0.1, 0.15) is 11.3 Å². The van der Waals surface area contributed by atoms with Gasteiger partial charge in [-0.05, 0) is 24.1 Å². The number of amides is 3. The van der Waals surface area contributed by atoms with Crippen LogP contribution in [0.5, 0.6) is 5.75 Å². The Morgan fingerprint density at radius 3 is 2.48 bits per heavy atom. The first-order valence-electron chi connectivity index (χ1n) is 8.01. The molecule has 1 N–H and O–H groups in total. The highest BCUT2D eigenvalue weighted by Gasteiger charge is 2.51. The number of para-hydroxylation sites is 1. The van der Waals surface area contributed by atoms with E-state index in [1.54, 1.807) is 19.2 Å². The SMILES string of the molecule is CC[C@]1(c2ccccc2)NC(=O)N(/N=C\c2ccccc2OC)C1=O. The molecule has 3 amide bonds. The second-order valence-electron chi connectivity index (χ2n) is 5.66. The number of rotatable bonds is 5. The maximum Gasteiger partial charge on any atom is 0.346 e. The van der Waals surface area contributed by atoms with Gasteiger partial charge in [0.25, 0.3) is 5.91 Å². The minimum Gasteiger partial charge on any atom is -0.496 e. The number of hydrogen-bond acceptors (Lipinski definition) is 4. The van der Waals surface area contributed by atoms with Crippen LogP contribution in [0.25, 0.3) is 0 Å². The van der Waals surface area contributed by atoms with E-state index < -0.39 is 17.5 Å². The lowest BCUT2D eigenvalue weighted by molar-refractivity contribution is -0.131. The number of carbonyl (C=O) groups excluding carboxylic acids is 2. The average Bonchev–Trinajstić information content (AvgIpc) is 2.91. The van der Waals surface area contributed by atoms with Crippen LogP contribution in [0.3, 0.4) is 0 Å². The Morgan fingerprint density at radius 1 is 1.12 bits per heavy atom. The number of nitrogens with one attached hydrogen (secondary N) is 1. The van der Waals surface area contributed by atoms with E-state index in [0.717, 1.165) is 10.6 Å². The van der Waals surface area contributed by atoms with Crippen molar-refractivity contribution in [2.75, 3.05) is 7.11 Å². The number of carbonyl (C=O) groups is 2. The fourth-order valence-electron chi connectivity index (χ4n) is 2.92. The van der Waals surface area contributed by atoms with Crippen LogP contribution >= 0.6 is 0 Å². The minimum atomic E-state index is -1.09. The molecular formula is C19H19N3O3. The molecule has 0 radical (unpaired) electrons. The maximum absolute atomic E-state index is 12.9. The highest BCUT2D eigenvalue weighted by Crippen LogP contribution is 2.32. The number of hydrazone groups is 1. The molecule has 2 aromatic rings. The zero-order valence-electron chi connectivity index (χ0n) is 14.1. The highest BCUT2D eigenvalue weighted by molar-refractivity contribution is 6.07. The quantitative estimate of drug-likeness (QED) is 0.674. The van der Waals surface area contributed by atoms with Crippen molar-refractivity contribution in [2.45, 2.75) is 18.9 Å². The van der Waals surface area contributed by atoms with Crippen molar-refractivity contribution in [2.24, 2.45) is 5.10 Å². The Kier molecular flexibility index (Phi) is 4.52. The molecule has 6 nitrogen and oxygen atoms in total. The molecular weight excluding hydrogens is 318 g/mol. The van der Waals surface area contributed by atoms with Crippen molar-refractivity contribution in [1.29, 1.82) is 0 Å². The normalized spacial score (nSPS) is 20.2. The molecule has 0 bridgehead atoms. The lowest BCUT2D eigenvalue weighted by Crippen LogP contribution is -2.43. The molecule has 2 aromatic carbocycles. The molecule has 1 atom stereocenters. The Labute approximate surface area is 146 Å². The maximum atomic E-state index is 12.9. The van der Waals surface area contributed by atoms with E-state index in [9.17, 15) is 9.59 Å². The van der Waals surface area contributed by atoms with Gasteiger partial charge in [0.2, 0.25) is 0 Å². The van der Waals surface area contributed by atoms with E-state index in [1.807, 2.05) is 49.4 Å². The number of benzene rings is 2. The van der Waals surface area contributed by atoms with E-state index in [1.165, 1.54) is 6.21 Å². The van der Waals surface area contributed by atoms with Gasteiger partial charge < -0.3 is 10.1 Å². The summed E-state index contributed by atoms with van der Waals surface area (Å²) in [7, 11) is 1.55. The van der Waals surface area contributed by atoms with Gasteiger partial charge in [0.15, 0.2) is 0 Å². The molecule has 1 saturated heterocycles. The van der Waals surface area contributed by atoms with Gasteiger partial charge >= 0.3 is 6.03 Å². The highest BCUT2D eigenvalue weighted by atomic mass is 16.5. The minimum absolute atomic E-state index is 0.391. The molecule has 0 aliphatic carbocycles. The second-order valence-corrected chi connectivity index (χ2v) is 5.66. The Morgan fingerprint density at radius 2 is 1.80 bits per heavy atom. The number of hydrogen-bond donors (Lipinski definition) is 1. The van der Waals surface area contributed by atoms with Gasteiger partial charge in [-0.2, -0.15) is 5.10 Å². The van der Waals surface area contributed by atoms with Gasteiger partial charge in [-0.15, -0.1) is 5.01 Å². The summed E-state index contributed by atoms with van der Waals surface area (Å²) in [6, 6.07) is 15.9. The zero-order chi connectivity index (χ0) is 17.9. The van der Waals surface area contributed by atoms with Crippen molar-refractivity contribution in [3.05, 3.63) is 65.7 Å². The Bertz CT molecular complexity index is 820. The van der Waals surface area contributed by atoms with E-state index in [2.05, 4.69) is 10.4 Å². The van der Waals surface area contributed by atoms with E-state index >= 15 is 0 Å². The second kappa shape index (κ2) is 6.76. The van der Waals surface area contributed by atoms with E-state index in [0.29, 0.717) is 17.7 Å². The standard InChI is InChI=1S/C19H19N3O3/c1-3-19(15-10-5-4-6-11-15)17(23)22(18(24)21-19)20-13-14-9-7-8-12-16(14)25-2/h4-13H,3H2,1-2H3,(H,21,24)/b20-13-/t19-/m1/s1. The molecule has 0 aromatic heterocycles. The smallest absolute Gasteiger partial charge is 0.346 e. The molecule has 0 unspecified atom stereocenters. The molecule has 6 heteroatoms. The summed E-state index contributed by atoms with van der Waals surface area (Å²) in [5, 5.41) is 7.77. The molecule has 128 valence electrons. The summed E-state index contributed by atoms with van der Waals surface area (Å²) >= 11 is 0. The van der Waals surface area contributed by atoms with Crippen molar-refractivity contribution >= 4 is 18.2 Å². The van der Waals surface area contributed by atoms with Crippen LogP contribution in [-0.2, 0) is 10.3 Å². The average molecular weight is 337 g/mol. The number of urea groups is 1. The largest absolute Gasteiger partial charge is 0.496 e. The third-order valence-electron chi connectivity index (χ3n) is 4.32. The Hall–Kier alpha value is -3.15. The summed E-state index contributed by atoms with van der Waals surface area (Å²) in [6.45, 7) is 1.86. The molecule has 1 aliphatic rings. The van der Waals surface area contributed by atoms with E-state index in [4.69, 9.17) is 4.74 Å². The lowest BCUT2D eigenvalue weighted by atomic mass is 9.87. The molecule has 0 saturated carbocycles. The first-order valence-corrected chi connectivity index (χ1v) is 8.01. The topological polar surface area (TPSA) is 71.0 Å². The predicted molar refractivity (Wildman–Crippen MR) is 94.4 cm³/mol. The third-order valence-corrected chi connectivity index (χ3v) is 4.32. The molecule has 25 heavy (non-hydrogen) atoms. The number of ether oxygens (including phenoxy) is 1. The molecule has 1 aliphatic heterocycles. The molecule has 3 rings (SSSR count). The fraction of sp³-hybridized carbons (Fsp3) is 0.211. The third kappa shape index (κ3) is 2.87. The summed E-state index contributed by atoms with van der Waals surface area (Å²) < 4.78 is 5.25. The first-order chi connectivity index (χ1) is 12.1. The summed E-state index contributed by atoms with van der Waals surface area (Å²) in [5.41, 5.74) is 0.335. The van der Waals surface area contributed by atoms with Crippen LogP contribution in [0.15, 0.2) is 59.7 Å². The predicted octanol–water partition coefficient (Wildman–Crippen LogP) is 2.89.